The molecule has 0 spiro atoms. The first-order valence-corrected chi connectivity index (χ1v) is 11.5. The third-order valence-corrected chi connectivity index (χ3v) is 8.50. The molecule has 1 N–H and O–H groups in total. The largest absolute Gasteiger partial charge is 0.385 e. The van der Waals surface area contributed by atoms with Crippen molar-refractivity contribution in [3.63, 3.8) is 0 Å². The van der Waals surface area contributed by atoms with E-state index in [-0.39, 0.29) is 11.8 Å². The third-order valence-electron chi connectivity index (χ3n) is 6.67. The van der Waals surface area contributed by atoms with E-state index in [2.05, 4.69) is 4.98 Å². The molecule has 0 radical (unpaired) electrons. The van der Waals surface area contributed by atoms with Gasteiger partial charge in [-0.25, -0.2) is 8.42 Å². The number of hydrogen-bond donors (Lipinski definition) is 1. The molecule has 5 rings (SSSR count). The van der Waals surface area contributed by atoms with Gasteiger partial charge < -0.3 is 5.11 Å². The topological polar surface area (TPSA) is 70.5 Å². The van der Waals surface area contributed by atoms with Gasteiger partial charge in [-0.3, -0.25) is 4.98 Å². The number of rotatable bonds is 3. The van der Waals surface area contributed by atoms with Crippen molar-refractivity contribution in [2.24, 2.45) is 11.8 Å². The molecule has 3 atom stereocenters. The van der Waals surface area contributed by atoms with E-state index >= 15 is 0 Å². The Balaban J connectivity index is 1.48. The van der Waals surface area contributed by atoms with Crippen molar-refractivity contribution < 1.29 is 13.5 Å². The predicted octanol–water partition coefficient (Wildman–Crippen LogP) is 3.54. The Hall–Kier alpha value is -2.28. The van der Waals surface area contributed by atoms with E-state index in [4.69, 9.17) is 0 Å². The number of benzene rings is 2. The number of fused-ring (bicyclic) bond motifs is 2. The lowest BCUT2D eigenvalue weighted by molar-refractivity contribution is -0.0643. The summed E-state index contributed by atoms with van der Waals surface area (Å²) in [6.07, 6.45) is 5.87. The summed E-state index contributed by atoms with van der Waals surface area (Å²) in [5.74, 6) is 0.0415. The lowest BCUT2D eigenvalue weighted by Crippen LogP contribution is -2.43. The first-order valence-electron chi connectivity index (χ1n) is 10.1. The summed E-state index contributed by atoms with van der Waals surface area (Å²) < 4.78 is 28.4. The van der Waals surface area contributed by atoms with Crippen molar-refractivity contribution in [1.29, 1.82) is 0 Å². The molecule has 29 heavy (non-hydrogen) atoms. The zero-order valence-electron chi connectivity index (χ0n) is 16.1. The van der Waals surface area contributed by atoms with Crippen LogP contribution in [0, 0.1) is 11.8 Å². The number of sulfonamides is 1. The van der Waals surface area contributed by atoms with Gasteiger partial charge in [0.2, 0.25) is 10.0 Å². The van der Waals surface area contributed by atoms with Crippen molar-refractivity contribution in [2.75, 3.05) is 13.1 Å². The highest BCUT2D eigenvalue weighted by Gasteiger charge is 2.52. The Kier molecular flexibility index (Phi) is 4.46. The van der Waals surface area contributed by atoms with Gasteiger partial charge in [0.05, 0.1) is 10.5 Å². The Labute approximate surface area is 171 Å². The standard InChI is InChI=1S/C23H24N2O3S/c26-23(20-8-4-12-24-14-20)11-3-7-19-15-25(16-22(19)23)29(27,28)21-10-9-17-5-1-2-6-18(17)13-21/h1-2,4-6,8-10,12-14,19,22,26H,3,7,11,15-16H2/t19-,22-,23+/m1/s1. The molecular formula is C23H24N2O3S. The normalized spacial score (nSPS) is 27.8. The summed E-state index contributed by atoms with van der Waals surface area (Å²) in [4.78, 5) is 4.49. The maximum absolute atomic E-state index is 13.4. The Morgan fingerprint density at radius 3 is 2.66 bits per heavy atom. The van der Waals surface area contributed by atoms with Gasteiger partial charge in [0, 0.05) is 37.0 Å². The third kappa shape index (κ3) is 3.06. The highest BCUT2D eigenvalue weighted by atomic mass is 32.2. The first-order chi connectivity index (χ1) is 14.0. The molecule has 150 valence electrons. The van der Waals surface area contributed by atoms with Crippen LogP contribution < -0.4 is 0 Å². The monoisotopic (exact) mass is 408 g/mol. The molecule has 2 aliphatic rings. The highest BCUT2D eigenvalue weighted by Crippen LogP contribution is 2.49. The Morgan fingerprint density at radius 2 is 1.86 bits per heavy atom. The summed E-state index contributed by atoms with van der Waals surface area (Å²) in [5, 5.41) is 13.5. The van der Waals surface area contributed by atoms with E-state index in [0.29, 0.717) is 24.4 Å². The summed E-state index contributed by atoms with van der Waals surface area (Å²) >= 11 is 0. The smallest absolute Gasteiger partial charge is 0.243 e. The van der Waals surface area contributed by atoms with Crippen LogP contribution >= 0.6 is 0 Å². The number of nitrogens with zero attached hydrogens (tertiary/aromatic N) is 2. The first kappa shape index (κ1) is 18.7. The predicted molar refractivity (Wildman–Crippen MR) is 112 cm³/mol. The minimum Gasteiger partial charge on any atom is -0.385 e. The molecule has 0 amide bonds. The van der Waals surface area contributed by atoms with E-state index < -0.39 is 15.6 Å². The summed E-state index contributed by atoms with van der Waals surface area (Å²) in [6.45, 7) is 0.799. The molecule has 0 bridgehead atoms. The van der Waals surface area contributed by atoms with Crippen LogP contribution in [0.25, 0.3) is 10.8 Å². The molecule has 5 nitrogen and oxygen atoms in total. The summed E-state index contributed by atoms with van der Waals surface area (Å²) in [6, 6.07) is 16.8. The van der Waals surface area contributed by atoms with Gasteiger partial charge in [-0.05, 0) is 54.2 Å². The fourth-order valence-corrected chi connectivity index (χ4v) is 6.69. The molecule has 2 fully saturated rings. The van der Waals surface area contributed by atoms with Crippen LogP contribution in [0.4, 0.5) is 0 Å². The van der Waals surface area contributed by atoms with E-state index in [0.717, 1.165) is 29.2 Å². The van der Waals surface area contributed by atoms with Gasteiger partial charge in [0.15, 0.2) is 0 Å². The van der Waals surface area contributed by atoms with Crippen LogP contribution in [0.5, 0.6) is 0 Å². The van der Waals surface area contributed by atoms with Gasteiger partial charge in [0.25, 0.3) is 0 Å². The maximum atomic E-state index is 13.4. The van der Waals surface area contributed by atoms with Crippen LogP contribution in [-0.2, 0) is 15.6 Å². The number of pyridine rings is 1. The van der Waals surface area contributed by atoms with Gasteiger partial charge in [-0.15, -0.1) is 0 Å². The fraction of sp³-hybridized carbons (Fsp3) is 0.348. The van der Waals surface area contributed by atoms with Gasteiger partial charge in [-0.1, -0.05) is 36.4 Å². The molecule has 2 aromatic carbocycles. The van der Waals surface area contributed by atoms with Crippen molar-refractivity contribution in [3.05, 3.63) is 72.6 Å². The molecule has 0 unspecified atom stereocenters. The maximum Gasteiger partial charge on any atom is 0.243 e. The second kappa shape index (κ2) is 6.90. The lowest BCUT2D eigenvalue weighted by Gasteiger charge is -2.41. The van der Waals surface area contributed by atoms with Crippen LogP contribution in [0.3, 0.4) is 0 Å². The van der Waals surface area contributed by atoms with E-state index in [1.54, 1.807) is 28.8 Å². The van der Waals surface area contributed by atoms with Gasteiger partial charge in [0.1, 0.15) is 0 Å². The summed E-state index contributed by atoms with van der Waals surface area (Å²) in [7, 11) is -3.61. The molecular weight excluding hydrogens is 384 g/mol. The Morgan fingerprint density at radius 1 is 1.03 bits per heavy atom. The second-order valence-electron chi connectivity index (χ2n) is 8.26. The molecule has 1 saturated heterocycles. The van der Waals surface area contributed by atoms with E-state index in [9.17, 15) is 13.5 Å². The van der Waals surface area contributed by atoms with E-state index in [1.807, 2.05) is 42.5 Å². The molecule has 1 aromatic heterocycles. The summed E-state index contributed by atoms with van der Waals surface area (Å²) in [5.41, 5.74) is -0.232. The minimum absolute atomic E-state index is 0.115. The average Bonchev–Trinajstić information content (AvgIpc) is 3.21. The lowest BCUT2D eigenvalue weighted by atomic mass is 9.68. The number of hydrogen-bond acceptors (Lipinski definition) is 4. The van der Waals surface area contributed by atoms with Crippen LogP contribution in [-0.4, -0.2) is 35.9 Å². The molecule has 2 heterocycles. The molecule has 3 aromatic rings. The second-order valence-corrected chi connectivity index (χ2v) is 10.2. The van der Waals surface area contributed by atoms with Crippen LogP contribution in [0.2, 0.25) is 0 Å². The van der Waals surface area contributed by atoms with Gasteiger partial charge in [-0.2, -0.15) is 4.31 Å². The molecule has 6 heteroatoms. The fourth-order valence-electron chi connectivity index (χ4n) is 5.13. The molecule has 1 aliphatic heterocycles. The van der Waals surface area contributed by atoms with Crippen LogP contribution in [0.1, 0.15) is 24.8 Å². The van der Waals surface area contributed by atoms with Crippen molar-refractivity contribution in [2.45, 2.75) is 29.8 Å². The van der Waals surface area contributed by atoms with E-state index in [1.165, 1.54) is 0 Å². The quantitative estimate of drug-likeness (QED) is 0.720. The van der Waals surface area contributed by atoms with Crippen molar-refractivity contribution in [3.8, 4) is 0 Å². The zero-order chi connectivity index (χ0) is 20.1. The number of aromatic nitrogens is 1. The minimum atomic E-state index is -3.61. The highest BCUT2D eigenvalue weighted by molar-refractivity contribution is 7.89. The SMILES string of the molecule is O=S(=O)(c1ccc2ccccc2c1)N1C[C@H]2CCC[C@](O)(c3cccnc3)[C@@H]2C1. The van der Waals surface area contributed by atoms with Gasteiger partial charge >= 0.3 is 0 Å². The Bertz CT molecular complexity index is 1150. The zero-order valence-corrected chi connectivity index (χ0v) is 16.9. The van der Waals surface area contributed by atoms with Crippen molar-refractivity contribution in [1.82, 2.24) is 9.29 Å². The van der Waals surface area contributed by atoms with Crippen molar-refractivity contribution >= 4 is 20.8 Å². The number of aliphatic hydroxyl groups is 1. The average molecular weight is 409 g/mol. The van der Waals surface area contributed by atoms with Crippen LogP contribution in [0.15, 0.2) is 71.9 Å². The molecule has 1 aliphatic carbocycles. The molecule has 1 saturated carbocycles.